The van der Waals surface area contributed by atoms with Crippen molar-refractivity contribution in [3.63, 3.8) is 0 Å². The van der Waals surface area contributed by atoms with Crippen molar-refractivity contribution in [2.45, 2.75) is 13.8 Å². The molecule has 9 heteroatoms. The molecule has 0 bridgehead atoms. The summed E-state index contributed by atoms with van der Waals surface area (Å²) in [6, 6.07) is 4.97. The van der Waals surface area contributed by atoms with Crippen molar-refractivity contribution in [2.75, 3.05) is 31.1 Å². The molecule has 2 aromatic rings. The Hall–Kier alpha value is -2.97. The van der Waals surface area contributed by atoms with Crippen LogP contribution in [-0.4, -0.2) is 51.3 Å². The van der Waals surface area contributed by atoms with Crippen LogP contribution in [0.25, 0.3) is 5.65 Å². The number of rotatable bonds is 3. The van der Waals surface area contributed by atoms with Crippen LogP contribution in [0, 0.1) is 16.0 Å². The molecule has 3 heterocycles. The fourth-order valence-electron chi connectivity index (χ4n) is 2.95. The molecule has 0 spiro atoms. The third-order valence-corrected chi connectivity index (χ3v) is 4.26. The van der Waals surface area contributed by atoms with E-state index >= 15 is 0 Å². The van der Waals surface area contributed by atoms with Crippen LogP contribution < -0.4 is 10.5 Å². The van der Waals surface area contributed by atoms with Crippen molar-refractivity contribution in [1.82, 2.24) is 14.3 Å². The molecule has 9 nitrogen and oxygen atoms in total. The largest absolute Gasteiger partial charge is 0.376 e. The molecule has 2 aromatic heterocycles. The Morgan fingerprint density at radius 3 is 2.52 bits per heavy atom. The van der Waals surface area contributed by atoms with Crippen LogP contribution in [0.4, 0.5) is 11.5 Å². The van der Waals surface area contributed by atoms with Gasteiger partial charge in [0, 0.05) is 38.3 Å². The Bertz CT molecular complexity index is 884. The van der Waals surface area contributed by atoms with Crippen molar-refractivity contribution >= 4 is 23.1 Å². The third-order valence-electron chi connectivity index (χ3n) is 4.26. The van der Waals surface area contributed by atoms with Gasteiger partial charge in [0.25, 0.3) is 0 Å². The standard InChI is InChI=1S/C16H19N5O4/c1-11(2)15(22)19-9-7-18(8-10-19)14-13(21(24)25)16(23)20-6-4-3-5-12(20)17-14/h3-6,11H,7-10H2,1-2H3. The zero-order valence-corrected chi connectivity index (χ0v) is 14.1. The zero-order chi connectivity index (χ0) is 18.1. The number of hydrogen-bond acceptors (Lipinski definition) is 6. The van der Waals surface area contributed by atoms with Gasteiger partial charge in [0.2, 0.25) is 11.7 Å². The van der Waals surface area contributed by atoms with E-state index in [1.807, 2.05) is 13.8 Å². The minimum atomic E-state index is -0.703. The van der Waals surface area contributed by atoms with E-state index in [1.54, 1.807) is 28.0 Å². The van der Waals surface area contributed by atoms with E-state index in [4.69, 9.17) is 0 Å². The summed E-state index contributed by atoms with van der Waals surface area (Å²) in [6.45, 7) is 5.37. The number of piperazine rings is 1. The van der Waals surface area contributed by atoms with Gasteiger partial charge in [0.15, 0.2) is 0 Å². The van der Waals surface area contributed by atoms with Crippen LogP contribution in [-0.2, 0) is 4.79 Å². The number of carbonyl (C=O) groups is 1. The molecule has 0 saturated carbocycles. The minimum absolute atomic E-state index is 0.0562. The molecule has 1 aliphatic rings. The van der Waals surface area contributed by atoms with E-state index in [0.29, 0.717) is 31.8 Å². The van der Waals surface area contributed by atoms with Crippen LogP contribution >= 0.6 is 0 Å². The minimum Gasteiger partial charge on any atom is -0.347 e. The first-order valence-corrected chi connectivity index (χ1v) is 8.09. The van der Waals surface area contributed by atoms with E-state index in [1.165, 1.54) is 10.6 Å². The molecule has 0 radical (unpaired) electrons. The van der Waals surface area contributed by atoms with Crippen LogP contribution in [0.2, 0.25) is 0 Å². The number of pyridine rings is 1. The molecule has 1 aliphatic heterocycles. The summed E-state index contributed by atoms with van der Waals surface area (Å²) in [4.78, 5) is 43.1. The lowest BCUT2D eigenvalue weighted by Crippen LogP contribution is -2.50. The van der Waals surface area contributed by atoms with Gasteiger partial charge in [-0.3, -0.25) is 24.1 Å². The first kappa shape index (κ1) is 16.9. The van der Waals surface area contributed by atoms with Gasteiger partial charge in [-0.15, -0.1) is 0 Å². The molecule has 3 rings (SSSR count). The molecular weight excluding hydrogens is 326 g/mol. The predicted octanol–water partition coefficient (Wildman–Crippen LogP) is 0.907. The second-order valence-corrected chi connectivity index (χ2v) is 6.24. The molecule has 0 N–H and O–H groups in total. The number of hydrogen-bond donors (Lipinski definition) is 0. The highest BCUT2D eigenvalue weighted by atomic mass is 16.6. The van der Waals surface area contributed by atoms with E-state index in [9.17, 15) is 19.7 Å². The lowest BCUT2D eigenvalue weighted by atomic mass is 10.1. The third kappa shape index (κ3) is 3.04. The fourth-order valence-corrected chi connectivity index (χ4v) is 2.95. The number of nitrogens with zero attached hydrogens (tertiary/aromatic N) is 5. The fraction of sp³-hybridized carbons (Fsp3) is 0.438. The lowest BCUT2D eigenvalue weighted by Gasteiger charge is -2.35. The van der Waals surface area contributed by atoms with Gasteiger partial charge in [-0.05, 0) is 12.1 Å². The van der Waals surface area contributed by atoms with Gasteiger partial charge in [-0.2, -0.15) is 0 Å². The lowest BCUT2D eigenvalue weighted by molar-refractivity contribution is -0.385. The van der Waals surface area contributed by atoms with Crippen molar-refractivity contribution in [3.8, 4) is 0 Å². The Labute approximate surface area is 143 Å². The average Bonchev–Trinajstić information content (AvgIpc) is 2.60. The topological polar surface area (TPSA) is 101 Å². The molecule has 0 atom stereocenters. The van der Waals surface area contributed by atoms with Gasteiger partial charge < -0.3 is 9.80 Å². The molecular formula is C16H19N5O4. The molecule has 1 saturated heterocycles. The van der Waals surface area contributed by atoms with Crippen molar-refractivity contribution in [2.24, 2.45) is 5.92 Å². The smallest absolute Gasteiger partial charge is 0.347 e. The molecule has 132 valence electrons. The Morgan fingerprint density at radius 2 is 1.92 bits per heavy atom. The number of aromatic nitrogens is 2. The number of fused-ring (bicyclic) bond motifs is 1. The SMILES string of the molecule is CC(C)C(=O)N1CCN(c2nc3ccccn3c(=O)c2[N+](=O)[O-])CC1. The maximum absolute atomic E-state index is 12.5. The number of nitro groups is 1. The molecule has 25 heavy (non-hydrogen) atoms. The second kappa shape index (κ2) is 6.50. The number of carbonyl (C=O) groups excluding carboxylic acids is 1. The van der Waals surface area contributed by atoms with Gasteiger partial charge in [-0.1, -0.05) is 19.9 Å². The monoisotopic (exact) mass is 345 g/mol. The average molecular weight is 345 g/mol. The van der Waals surface area contributed by atoms with Gasteiger partial charge in [0.1, 0.15) is 5.65 Å². The maximum atomic E-state index is 12.5. The molecule has 1 fully saturated rings. The van der Waals surface area contributed by atoms with Crippen LogP contribution in [0.3, 0.4) is 0 Å². The summed E-state index contributed by atoms with van der Waals surface area (Å²) in [5.41, 5.74) is -0.882. The maximum Gasteiger partial charge on any atom is 0.376 e. The highest BCUT2D eigenvalue weighted by molar-refractivity contribution is 5.78. The number of amides is 1. The van der Waals surface area contributed by atoms with Crippen molar-refractivity contribution < 1.29 is 9.72 Å². The second-order valence-electron chi connectivity index (χ2n) is 6.24. The predicted molar refractivity (Wildman–Crippen MR) is 91.7 cm³/mol. The molecule has 0 aromatic carbocycles. The summed E-state index contributed by atoms with van der Waals surface area (Å²) in [7, 11) is 0. The van der Waals surface area contributed by atoms with Crippen LogP contribution in [0.5, 0.6) is 0 Å². The Kier molecular flexibility index (Phi) is 4.39. The normalized spacial score (nSPS) is 15.0. The highest BCUT2D eigenvalue weighted by Crippen LogP contribution is 2.24. The first-order chi connectivity index (χ1) is 11.9. The van der Waals surface area contributed by atoms with E-state index in [2.05, 4.69) is 4.98 Å². The quantitative estimate of drug-likeness (QED) is 0.605. The molecule has 0 unspecified atom stereocenters. The van der Waals surface area contributed by atoms with E-state index in [0.717, 1.165) is 0 Å². The Balaban J connectivity index is 1.97. The summed E-state index contributed by atoms with van der Waals surface area (Å²) in [6.07, 6.45) is 1.46. The zero-order valence-electron chi connectivity index (χ0n) is 14.1. The summed E-state index contributed by atoms with van der Waals surface area (Å²) in [5, 5.41) is 11.5. The van der Waals surface area contributed by atoms with Crippen LogP contribution in [0.15, 0.2) is 29.2 Å². The molecule has 1 amide bonds. The van der Waals surface area contributed by atoms with Crippen molar-refractivity contribution in [1.29, 1.82) is 0 Å². The number of anilines is 1. The van der Waals surface area contributed by atoms with Crippen LogP contribution in [0.1, 0.15) is 13.8 Å². The van der Waals surface area contributed by atoms with Gasteiger partial charge >= 0.3 is 11.2 Å². The van der Waals surface area contributed by atoms with Gasteiger partial charge in [0.05, 0.1) is 4.92 Å². The Morgan fingerprint density at radius 1 is 1.24 bits per heavy atom. The van der Waals surface area contributed by atoms with E-state index in [-0.39, 0.29) is 17.6 Å². The first-order valence-electron chi connectivity index (χ1n) is 8.09. The molecule has 0 aliphatic carbocycles. The van der Waals surface area contributed by atoms with Gasteiger partial charge in [-0.25, -0.2) is 4.98 Å². The summed E-state index contributed by atoms with van der Waals surface area (Å²) < 4.78 is 1.17. The summed E-state index contributed by atoms with van der Waals surface area (Å²) >= 11 is 0. The van der Waals surface area contributed by atoms with Crippen molar-refractivity contribution in [3.05, 3.63) is 44.9 Å². The summed E-state index contributed by atoms with van der Waals surface area (Å²) in [5.74, 6) is 0.0304. The van der Waals surface area contributed by atoms with E-state index < -0.39 is 16.2 Å². The highest BCUT2D eigenvalue weighted by Gasteiger charge is 2.31.